The second-order valence-corrected chi connectivity index (χ2v) is 4.71. The molecular formula is C12H20N4. The normalized spacial score (nSPS) is 26.9. The first-order valence-corrected chi connectivity index (χ1v) is 5.92. The Morgan fingerprint density at radius 1 is 1.50 bits per heavy atom. The topological polar surface area (TPSA) is 41.0 Å². The van der Waals surface area contributed by atoms with E-state index >= 15 is 0 Å². The van der Waals surface area contributed by atoms with Gasteiger partial charge < -0.3 is 10.2 Å². The maximum Gasteiger partial charge on any atom is 0.0724 e. The van der Waals surface area contributed by atoms with Gasteiger partial charge in [-0.1, -0.05) is 6.92 Å². The van der Waals surface area contributed by atoms with Crippen molar-refractivity contribution in [2.75, 3.05) is 20.1 Å². The number of rotatable bonds is 3. The summed E-state index contributed by atoms with van der Waals surface area (Å²) in [6.07, 6.45) is 6.50. The molecule has 0 amide bonds. The van der Waals surface area contributed by atoms with E-state index in [9.17, 15) is 0 Å². The van der Waals surface area contributed by atoms with Crippen LogP contribution in [0.5, 0.6) is 0 Å². The van der Waals surface area contributed by atoms with Crippen LogP contribution in [-0.2, 0) is 6.54 Å². The molecule has 0 saturated carbocycles. The van der Waals surface area contributed by atoms with E-state index in [2.05, 4.69) is 34.2 Å². The van der Waals surface area contributed by atoms with Gasteiger partial charge in [-0.2, -0.15) is 0 Å². The van der Waals surface area contributed by atoms with Crippen LogP contribution in [0.4, 0.5) is 0 Å². The molecule has 4 nitrogen and oxygen atoms in total. The van der Waals surface area contributed by atoms with Crippen LogP contribution in [-0.4, -0.2) is 41.0 Å². The number of hydrogen-bond acceptors (Lipinski definition) is 4. The molecule has 0 aliphatic carbocycles. The summed E-state index contributed by atoms with van der Waals surface area (Å²) < 4.78 is 0. The van der Waals surface area contributed by atoms with Crippen LogP contribution >= 0.6 is 0 Å². The van der Waals surface area contributed by atoms with E-state index in [4.69, 9.17) is 0 Å². The highest BCUT2D eigenvalue weighted by Crippen LogP contribution is 2.15. The van der Waals surface area contributed by atoms with Crippen molar-refractivity contribution < 1.29 is 0 Å². The van der Waals surface area contributed by atoms with Crippen LogP contribution in [0.15, 0.2) is 18.6 Å². The second kappa shape index (κ2) is 5.37. The van der Waals surface area contributed by atoms with Crippen molar-refractivity contribution in [2.24, 2.45) is 5.92 Å². The molecule has 4 heteroatoms. The van der Waals surface area contributed by atoms with Crippen molar-refractivity contribution in [3.05, 3.63) is 24.3 Å². The summed E-state index contributed by atoms with van der Waals surface area (Å²) in [6.45, 7) is 5.50. The van der Waals surface area contributed by atoms with Gasteiger partial charge >= 0.3 is 0 Å². The van der Waals surface area contributed by atoms with Crippen LogP contribution in [0.25, 0.3) is 0 Å². The fourth-order valence-corrected chi connectivity index (χ4v) is 2.31. The zero-order valence-electron chi connectivity index (χ0n) is 10.1. The average molecular weight is 220 g/mol. The lowest BCUT2D eigenvalue weighted by atomic mass is 9.94. The summed E-state index contributed by atoms with van der Waals surface area (Å²) >= 11 is 0. The van der Waals surface area contributed by atoms with Crippen molar-refractivity contribution in [3.8, 4) is 0 Å². The predicted molar refractivity (Wildman–Crippen MR) is 63.9 cm³/mol. The molecule has 0 radical (unpaired) electrons. The summed E-state index contributed by atoms with van der Waals surface area (Å²) in [4.78, 5) is 10.7. The van der Waals surface area contributed by atoms with E-state index in [1.807, 2.05) is 6.20 Å². The largest absolute Gasteiger partial charge is 0.308 e. The summed E-state index contributed by atoms with van der Waals surface area (Å²) in [5, 5.41) is 3.58. The first kappa shape index (κ1) is 11.5. The molecule has 0 spiro atoms. The fourth-order valence-electron chi connectivity index (χ4n) is 2.31. The van der Waals surface area contributed by atoms with E-state index in [0.717, 1.165) is 12.2 Å². The molecule has 88 valence electrons. The van der Waals surface area contributed by atoms with Gasteiger partial charge in [-0.3, -0.25) is 9.97 Å². The Balaban J connectivity index is 1.82. The fraction of sp³-hybridized carbons (Fsp3) is 0.667. The SMILES string of the molecule is CC1CN(C)CCC1NCc1cnccn1. The van der Waals surface area contributed by atoms with Crippen LogP contribution in [0.2, 0.25) is 0 Å². The third-order valence-electron chi connectivity index (χ3n) is 3.27. The lowest BCUT2D eigenvalue weighted by molar-refractivity contribution is 0.174. The lowest BCUT2D eigenvalue weighted by Crippen LogP contribution is -2.46. The van der Waals surface area contributed by atoms with Crippen molar-refractivity contribution in [2.45, 2.75) is 25.9 Å². The first-order valence-electron chi connectivity index (χ1n) is 5.92. The monoisotopic (exact) mass is 220 g/mol. The van der Waals surface area contributed by atoms with Gasteiger partial charge in [0.1, 0.15) is 0 Å². The second-order valence-electron chi connectivity index (χ2n) is 4.71. The predicted octanol–water partition coefficient (Wildman–Crippen LogP) is 0.906. The van der Waals surface area contributed by atoms with Gasteiger partial charge in [-0.05, 0) is 25.9 Å². The third-order valence-corrected chi connectivity index (χ3v) is 3.27. The number of likely N-dealkylation sites (tertiary alicyclic amines) is 1. The molecule has 1 fully saturated rings. The molecule has 16 heavy (non-hydrogen) atoms. The van der Waals surface area contributed by atoms with E-state index in [1.165, 1.54) is 19.5 Å². The van der Waals surface area contributed by atoms with Gasteiger partial charge in [0.25, 0.3) is 0 Å². The van der Waals surface area contributed by atoms with Crippen LogP contribution in [0.1, 0.15) is 19.0 Å². The smallest absolute Gasteiger partial charge is 0.0724 e. The molecule has 0 aromatic carbocycles. The van der Waals surface area contributed by atoms with Gasteiger partial charge in [0.15, 0.2) is 0 Å². The van der Waals surface area contributed by atoms with Gasteiger partial charge in [-0.15, -0.1) is 0 Å². The summed E-state index contributed by atoms with van der Waals surface area (Å²) in [7, 11) is 2.19. The minimum absolute atomic E-state index is 0.609. The Kier molecular flexibility index (Phi) is 3.85. The van der Waals surface area contributed by atoms with Gasteiger partial charge in [0.2, 0.25) is 0 Å². The Morgan fingerprint density at radius 2 is 2.38 bits per heavy atom. The summed E-state index contributed by atoms with van der Waals surface area (Å²) in [5.41, 5.74) is 1.02. The standard InChI is InChI=1S/C12H20N4/c1-10-9-16(2)6-3-12(10)15-8-11-7-13-4-5-14-11/h4-5,7,10,12,15H,3,6,8-9H2,1-2H3. The number of hydrogen-bond donors (Lipinski definition) is 1. The van der Waals surface area contributed by atoms with Crippen molar-refractivity contribution >= 4 is 0 Å². The lowest BCUT2D eigenvalue weighted by Gasteiger charge is -2.35. The highest BCUT2D eigenvalue weighted by Gasteiger charge is 2.23. The molecule has 1 aromatic heterocycles. The number of aromatic nitrogens is 2. The van der Waals surface area contributed by atoms with Crippen molar-refractivity contribution in [3.63, 3.8) is 0 Å². The van der Waals surface area contributed by atoms with E-state index in [1.54, 1.807) is 12.4 Å². The quantitative estimate of drug-likeness (QED) is 0.822. The molecule has 1 aliphatic rings. The molecule has 1 saturated heterocycles. The van der Waals surface area contributed by atoms with Crippen LogP contribution < -0.4 is 5.32 Å². The molecule has 1 aliphatic heterocycles. The molecule has 1 aromatic rings. The van der Waals surface area contributed by atoms with E-state index in [-0.39, 0.29) is 0 Å². The summed E-state index contributed by atoms with van der Waals surface area (Å²) in [5.74, 6) is 0.704. The van der Waals surface area contributed by atoms with Gasteiger partial charge in [0, 0.05) is 37.7 Å². The molecule has 2 heterocycles. The van der Waals surface area contributed by atoms with Gasteiger partial charge in [-0.25, -0.2) is 0 Å². The van der Waals surface area contributed by atoms with Crippen molar-refractivity contribution in [1.29, 1.82) is 0 Å². The molecular weight excluding hydrogens is 200 g/mol. The zero-order chi connectivity index (χ0) is 11.4. The van der Waals surface area contributed by atoms with E-state index in [0.29, 0.717) is 12.0 Å². The minimum Gasteiger partial charge on any atom is -0.308 e. The van der Waals surface area contributed by atoms with E-state index < -0.39 is 0 Å². The number of nitrogens with zero attached hydrogens (tertiary/aromatic N) is 3. The molecule has 1 N–H and O–H groups in total. The van der Waals surface area contributed by atoms with Crippen LogP contribution in [0, 0.1) is 5.92 Å². The highest BCUT2D eigenvalue weighted by molar-refractivity contribution is 4.95. The van der Waals surface area contributed by atoms with Crippen molar-refractivity contribution in [1.82, 2.24) is 20.2 Å². The average Bonchev–Trinajstić information content (AvgIpc) is 2.29. The maximum atomic E-state index is 4.27. The Labute approximate surface area is 97.1 Å². The molecule has 2 unspecified atom stereocenters. The summed E-state index contributed by atoms with van der Waals surface area (Å²) in [6, 6.07) is 0.609. The highest BCUT2D eigenvalue weighted by atomic mass is 15.1. The Morgan fingerprint density at radius 3 is 3.06 bits per heavy atom. The maximum absolute atomic E-state index is 4.27. The molecule has 0 bridgehead atoms. The number of nitrogens with one attached hydrogen (secondary N) is 1. The van der Waals surface area contributed by atoms with Crippen LogP contribution in [0.3, 0.4) is 0 Å². The first-order chi connectivity index (χ1) is 7.75. The zero-order valence-corrected chi connectivity index (χ0v) is 10.1. The van der Waals surface area contributed by atoms with Gasteiger partial charge in [0.05, 0.1) is 5.69 Å². The Bertz CT molecular complexity index is 314. The number of piperidine rings is 1. The minimum atomic E-state index is 0.609. The Hall–Kier alpha value is -1.00. The molecule has 2 rings (SSSR count). The molecule has 2 atom stereocenters. The third kappa shape index (κ3) is 3.00.